The minimum atomic E-state index is 0.0995. The van der Waals surface area contributed by atoms with Crippen LogP contribution in [-0.4, -0.2) is 33.6 Å². The summed E-state index contributed by atoms with van der Waals surface area (Å²) in [7, 11) is 0. The van der Waals surface area contributed by atoms with Gasteiger partial charge in [0.15, 0.2) is 0 Å². The summed E-state index contributed by atoms with van der Waals surface area (Å²) in [6.07, 6.45) is 7.96. The van der Waals surface area contributed by atoms with E-state index in [4.69, 9.17) is 5.73 Å². The summed E-state index contributed by atoms with van der Waals surface area (Å²) in [6.45, 7) is 6.77. The number of imidazole rings is 1. The van der Waals surface area contributed by atoms with Crippen molar-refractivity contribution in [2.24, 2.45) is 11.7 Å². The van der Waals surface area contributed by atoms with Crippen LogP contribution in [0.15, 0.2) is 12.5 Å². The number of aromatic nitrogens is 2. The van der Waals surface area contributed by atoms with Crippen LogP contribution in [0, 0.1) is 5.92 Å². The summed E-state index contributed by atoms with van der Waals surface area (Å²) in [4.78, 5) is 6.95. The fraction of sp³-hybridized carbons (Fsp3) is 0.786. The van der Waals surface area contributed by atoms with E-state index in [0.717, 1.165) is 6.04 Å². The van der Waals surface area contributed by atoms with Crippen molar-refractivity contribution < 1.29 is 0 Å². The first kappa shape index (κ1) is 12.2. The SMILES string of the molecule is CC(C)C(N)c1cncn1C1CCN(C2CC2)C1. The van der Waals surface area contributed by atoms with Crippen molar-refractivity contribution in [2.45, 2.75) is 51.2 Å². The third-order valence-electron chi connectivity index (χ3n) is 4.41. The van der Waals surface area contributed by atoms with E-state index in [1.54, 1.807) is 0 Å². The Bertz CT molecular complexity index is 408. The number of hydrogen-bond acceptors (Lipinski definition) is 3. The number of likely N-dealkylation sites (tertiary alicyclic amines) is 1. The molecule has 1 saturated carbocycles. The summed E-state index contributed by atoms with van der Waals surface area (Å²) < 4.78 is 2.33. The lowest BCUT2D eigenvalue weighted by Gasteiger charge is -2.22. The third kappa shape index (κ3) is 2.19. The lowest BCUT2D eigenvalue weighted by atomic mass is 10.0. The van der Waals surface area contributed by atoms with Gasteiger partial charge in [-0.2, -0.15) is 0 Å². The van der Waals surface area contributed by atoms with Gasteiger partial charge in [0, 0.05) is 37.4 Å². The van der Waals surface area contributed by atoms with Crippen LogP contribution in [-0.2, 0) is 0 Å². The van der Waals surface area contributed by atoms with Gasteiger partial charge in [-0.3, -0.25) is 4.90 Å². The van der Waals surface area contributed by atoms with Gasteiger partial charge < -0.3 is 10.3 Å². The van der Waals surface area contributed by atoms with E-state index >= 15 is 0 Å². The topological polar surface area (TPSA) is 47.1 Å². The van der Waals surface area contributed by atoms with Gasteiger partial charge in [0.05, 0.1) is 12.0 Å². The smallest absolute Gasteiger partial charge is 0.0951 e. The Balaban J connectivity index is 1.74. The quantitative estimate of drug-likeness (QED) is 0.886. The van der Waals surface area contributed by atoms with E-state index < -0.39 is 0 Å². The molecular formula is C14H24N4. The molecule has 1 aliphatic carbocycles. The van der Waals surface area contributed by atoms with Crippen LogP contribution in [0.4, 0.5) is 0 Å². The van der Waals surface area contributed by atoms with Gasteiger partial charge in [0.1, 0.15) is 0 Å². The monoisotopic (exact) mass is 248 g/mol. The molecule has 2 heterocycles. The maximum atomic E-state index is 6.28. The molecule has 1 aliphatic heterocycles. The van der Waals surface area contributed by atoms with Crippen molar-refractivity contribution in [2.75, 3.05) is 13.1 Å². The molecule has 0 bridgehead atoms. The lowest BCUT2D eigenvalue weighted by Crippen LogP contribution is -2.26. The minimum absolute atomic E-state index is 0.0995. The highest BCUT2D eigenvalue weighted by atomic mass is 15.3. The standard InChI is InChI=1S/C14H24N4/c1-10(2)14(15)13-7-16-9-18(13)12-5-6-17(8-12)11-3-4-11/h7,9-12,14H,3-6,8,15H2,1-2H3. The van der Waals surface area contributed by atoms with Crippen LogP contribution in [0.2, 0.25) is 0 Å². The molecule has 0 spiro atoms. The van der Waals surface area contributed by atoms with Gasteiger partial charge in [0.25, 0.3) is 0 Å². The molecule has 0 aromatic carbocycles. The number of rotatable bonds is 4. The van der Waals surface area contributed by atoms with Crippen LogP contribution in [0.1, 0.15) is 50.9 Å². The summed E-state index contributed by atoms with van der Waals surface area (Å²) in [5.41, 5.74) is 7.48. The van der Waals surface area contributed by atoms with Gasteiger partial charge in [-0.15, -0.1) is 0 Å². The van der Waals surface area contributed by atoms with E-state index in [0.29, 0.717) is 12.0 Å². The average molecular weight is 248 g/mol. The van der Waals surface area contributed by atoms with Crippen molar-refractivity contribution >= 4 is 0 Å². The molecule has 2 unspecified atom stereocenters. The van der Waals surface area contributed by atoms with Crippen molar-refractivity contribution in [1.29, 1.82) is 0 Å². The zero-order chi connectivity index (χ0) is 12.7. The minimum Gasteiger partial charge on any atom is -0.329 e. The Labute approximate surface area is 109 Å². The molecule has 18 heavy (non-hydrogen) atoms. The Hall–Kier alpha value is -0.870. The van der Waals surface area contributed by atoms with E-state index in [1.807, 2.05) is 12.5 Å². The molecule has 0 amide bonds. The van der Waals surface area contributed by atoms with Gasteiger partial charge in [-0.05, 0) is 25.2 Å². The predicted octanol–water partition coefficient (Wildman–Crippen LogP) is 1.95. The maximum absolute atomic E-state index is 6.28. The fourth-order valence-electron chi connectivity index (χ4n) is 2.99. The molecule has 1 aromatic rings. The molecule has 2 atom stereocenters. The Morgan fingerprint density at radius 3 is 2.72 bits per heavy atom. The number of nitrogens with zero attached hydrogens (tertiary/aromatic N) is 3. The summed E-state index contributed by atoms with van der Waals surface area (Å²) in [5.74, 6) is 0.460. The molecular weight excluding hydrogens is 224 g/mol. The second-order valence-electron chi connectivity index (χ2n) is 6.16. The Kier molecular flexibility index (Phi) is 3.16. The largest absolute Gasteiger partial charge is 0.329 e. The van der Waals surface area contributed by atoms with Gasteiger partial charge in [-0.1, -0.05) is 13.8 Å². The maximum Gasteiger partial charge on any atom is 0.0951 e. The second-order valence-corrected chi connectivity index (χ2v) is 6.16. The van der Waals surface area contributed by atoms with E-state index in [9.17, 15) is 0 Å². The molecule has 1 saturated heterocycles. The van der Waals surface area contributed by atoms with Gasteiger partial charge >= 0.3 is 0 Å². The molecule has 2 aliphatic rings. The van der Waals surface area contributed by atoms with Crippen LogP contribution in [0.5, 0.6) is 0 Å². The zero-order valence-corrected chi connectivity index (χ0v) is 11.4. The van der Waals surface area contributed by atoms with Crippen LogP contribution in [0.25, 0.3) is 0 Å². The van der Waals surface area contributed by atoms with E-state index in [-0.39, 0.29) is 6.04 Å². The van der Waals surface area contributed by atoms with Crippen LogP contribution in [0.3, 0.4) is 0 Å². The molecule has 4 heteroatoms. The summed E-state index contributed by atoms with van der Waals surface area (Å²) in [5, 5.41) is 0. The molecule has 3 rings (SSSR count). The van der Waals surface area contributed by atoms with Crippen molar-refractivity contribution in [1.82, 2.24) is 14.5 Å². The third-order valence-corrected chi connectivity index (χ3v) is 4.41. The van der Waals surface area contributed by atoms with E-state index in [1.165, 1.54) is 38.0 Å². The second kappa shape index (κ2) is 4.67. The van der Waals surface area contributed by atoms with Crippen LogP contribution >= 0.6 is 0 Å². The molecule has 4 nitrogen and oxygen atoms in total. The molecule has 2 fully saturated rings. The molecule has 2 N–H and O–H groups in total. The number of nitrogens with two attached hydrogens (primary N) is 1. The predicted molar refractivity (Wildman–Crippen MR) is 72.2 cm³/mol. The van der Waals surface area contributed by atoms with Crippen molar-refractivity contribution in [3.05, 3.63) is 18.2 Å². The van der Waals surface area contributed by atoms with Crippen molar-refractivity contribution in [3.63, 3.8) is 0 Å². The molecule has 0 radical (unpaired) electrons. The fourth-order valence-corrected chi connectivity index (χ4v) is 2.99. The zero-order valence-electron chi connectivity index (χ0n) is 11.4. The highest BCUT2D eigenvalue weighted by Crippen LogP contribution is 2.34. The first-order valence-corrected chi connectivity index (χ1v) is 7.18. The summed E-state index contributed by atoms with van der Waals surface area (Å²) in [6, 6.07) is 1.55. The average Bonchev–Trinajstić information content (AvgIpc) is 2.92. The Morgan fingerprint density at radius 2 is 2.06 bits per heavy atom. The van der Waals surface area contributed by atoms with Gasteiger partial charge in [0.2, 0.25) is 0 Å². The molecule has 100 valence electrons. The first-order valence-electron chi connectivity index (χ1n) is 7.18. The lowest BCUT2D eigenvalue weighted by molar-refractivity contribution is 0.311. The Morgan fingerprint density at radius 1 is 1.28 bits per heavy atom. The van der Waals surface area contributed by atoms with E-state index in [2.05, 4.69) is 28.3 Å². The highest BCUT2D eigenvalue weighted by Gasteiger charge is 2.35. The van der Waals surface area contributed by atoms with Gasteiger partial charge in [-0.25, -0.2) is 4.98 Å². The normalized spacial score (nSPS) is 27.0. The van der Waals surface area contributed by atoms with Crippen molar-refractivity contribution in [3.8, 4) is 0 Å². The summed E-state index contributed by atoms with van der Waals surface area (Å²) >= 11 is 0. The first-order chi connectivity index (χ1) is 8.66. The molecule has 1 aromatic heterocycles. The van der Waals surface area contributed by atoms with Crippen LogP contribution < -0.4 is 5.73 Å². The highest BCUT2D eigenvalue weighted by molar-refractivity contribution is 5.08. The number of hydrogen-bond donors (Lipinski definition) is 1.